The van der Waals surface area contributed by atoms with Crippen molar-refractivity contribution >= 4 is 12.4 Å². The standard InChI is InChI=1S/C16H31N3.ClH/c1-16(6-7-17-13-16)14-19-10-5-15(12-19)11-18-8-3-2-4-9-18;/h15,17H,2-14H2,1H3;1H. The van der Waals surface area contributed by atoms with Crippen molar-refractivity contribution in [3.8, 4) is 0 Å². The lowest BCUT2D eigenvalue weighted by Crippen LogP contribution is -2.38. The molecule has 2 atom stereocenters. The third kappa shape index (κ3) is 4.33. The number of nitrogens with one attached hydrogen (secondary N) is 1. The highest BCUT2D eigenvalue weighted by Crippen LogP contribution is 2.29. The lowest BCUT2D eigenvalue weighted by atomic mass is 9.89. The Balaban J connectivity index is 0.00000147. The predicted molar refractivity (Wildman–Crippen MR) is 87.7 cm³/mol. The third-order valence-corrected chi connectivity index (χ3v) is 5.40. The highest BCUT2D eigenvalue weighted by Gasteiger charge is 2.33. The third-order valence-electron chi connectivity index (χ3n) is 5.40. The minimum atomic E-state index is 0. The lowest BCUT2D eigenvalue weighted by molar-refractivity contribution is 0.177. The van der Waals surface area contributed by atoms with Gasteiger partial charge in [-0.05, 0) is 63.2 Å². The molecular weight excluding hydrogens is 270 g/mol. The molecule has 3 heterocycles. The fourth-order valence-corrected chi connectivity index (χ4v) is 4.26. The fraction of sp³-hybridized carbons (Fsp3) is 1.00. The number of piperidine rings is 1. The van der Waals surface area contributed by atoms with Crippen LogP contribution in [0.2, 0.25) is 0 Å². The van der Waals surface area contributed by atoms with Crippen LogP contribution in [-0.4, -0.2) is 62.2 Å². The Kier molecular flexibility index (Phi) is 6.15. The van der Waals surface area contributed by atoms with Gasteiger partial charge in [0.1, 0.15) is 0 Å². The van der Waals surface area contributed by atoms with E-state index in [0.29, 0.717) is 5.41 Å². The second kappa shape index (κ2) is 7.44. The van der Waals surface area contributed by atoms with Gasteiger partial charge >= 0.3 is 0 Å². The number of hydrogen-bond donors (Lipinski definition) is 1. The molecule has 2 unspecified atom stereocenters. The molecule has 3 saturated heterocycles. The van der Waals surface area contributed by atoms with E-state index in [-0.39, 0.29) is 12.4 Å². The van der Waals surface area contributed by atoms with Crippen LogP contribution in [0.1, 0.15) is 39.0 Å². The van der Waals surface area contributed by atoms with Gasteiger partial charge in [-0.2, -0.15) is 0 Å². The predicted octanol–water partition coefficient (Wildman–Crippen LogP) is 2.22. The number of likely N-dealkylation sites (tertiary alicyclic amines) is 2. The van der Waals surface area contributed by atoms with Gasteiger partial charge in [0.25, 0.3) is 0 Å². The number of hydrogen-bond acceptors (Lipinski definition) is 3. The molecular formula is C16H32ClN3. The molecule has 3 fully saturated rings. The summed E-state index contributed by atoms with van der Waals surface area (Å²) >= 11 is 0. The van der Waals surface area contributed by atoms with Crippen molar-refractivity contribution in [2.45, 2.75) is 39.0 Å². The van der Waals surface area contributed by atoms with E-state index in [2.05, 4.69) is 22.0 Å². The highest BCUT2D eigenvalue weighted by molar-refractivity contribution is 5.85. The maximum atomic E-state index is 3.53. The summed E-state index contributed by atoms with van der Waals surface area (Å²) < 4.78 is 0. The maximum Gasteiger partial charge on any atom is 0.00481 e. The van der Waals surface area contributed by atoms with Crippen molar-refractivity contribution in [1.29, 1.82) is 0 Å². The quantitative estimate of drug-likeness (QED) is 0.859. The van der Waals surface area contributed by atoms with E-state index >= 15 is 0 Å². The number of rotatable bonds is 4. The van der Waals surface area contributed by atoms with Gasteiger partial charge in [-0.15, -0.1) is 12.4 Å². The van der Waals surface area contributed by atoms with Crippen molar-refractivity contribution in [3.05, 3.63) is 0 Å². The fourth-order valence-electron chi connectivity index (χ4n) is 4.26. The van der Waals surface area contributed by atoms with Crippen LogP contribution < -0.4 is 5.32 Å². The first kappa shape index (κ1) is 16.5. The van der Waals surface area contributed by atoms with Gasteiger partial charge in [0.05, 0.1) is 0 Å². The normalized spacial score (nSPS) is 36.1. The Morgan fingerprint density at radius 2 is 1.90 bits per heavy atom. The molecule has 0 aromatic carbocycles. The number of halogens is 1. The van der Waals surface area contributed by atoms with Crippen molar-refractivity contribution in [3.63, 3.8) is 0 Å². The first-order chi connectivity index (χ1) is 9.23. The van der Waals surface area contributed by atoms with Crippen LogP contribution in [0.25, 0.3) is 0 Å². The molecule has 0 bridgehead atoms. The Morgan fingerprint density at radius 1 is 1.10 bits per heavy atom. The summed E-state index contributed by atoms with van der Waals surface area (Å²) in [7, 11) is 0. The molecule has 0 radical (unpaired) electrons. The van der Waals surface area contributed by atoms with E-state index in [9.17, 15) is 0 Å². The van der Waals surface area contributed by atoms with Gasteiger partial charge in [-0.25, -0.2) is 0 Å². The second-order valence-electron chi connectivity index (χ2n) is 7.49. The van der Waals surface area contributed by atoms with Crippen molar-refractivity contribution in [2.75, 3.05) is 52.4 Å². The number of nitrogens with zero attached hydrogens (tertiary/aromatic N) is 2. The summed E-state index contributed by atoms with van der Waals surface area (Å²) in [6, 6.07) is 0. The van der Waals surface area contributed by atoms with E-state index < -0.39 is 0 Å². The van der Waals surface area contributed by atoms with Gasteiger partial charge in [-0.3, -0.25) is 0 Å². The second-order valence-corrected chi connectivity index (χ2v) is 7.49. The molecule has 0 aromatic rings. The molecule has 3 nitrogen and oxygen atoms in total. The van der Waals surface area contributed by atoms with Crippen LogP contribution >= 0.6 is 12.4 Å². The minimum absolute atomic E-state index is 0. The highest BCUT2D eigenvalue weighted by atomic mass is 35.5. The average Bonchev–Trinajstić information content (AvgIpc) is 3.01. The Bertz CT molecular complexity index is 285. The van der Waals surface area contributed by atoms with Crippen LogP contribution in [0, 0.1) is 11.3 Å². The molecule has 20 heavy (non-hydrogen) atoms. The summed E-state index contributed by atoms with van der Waals surface area (Å²) in [6.45, 7) is 13.0. The maximum absolute atomic E-state index is 3.53. The monoisotopic (exact) mass is 301 g/mol. The molecule has 0 spiro atoms. The molecule has 0 saturated carbocycles. The van der Waals surface area contributed by atoms with Crippen molar-refractivity contribution in [1.82, 2.24) is 15.1 Å². The molecule has 3 aliphatic heterocycles. The largest absolute Gasteiger partial charge is 0.316 e. The Hall–Kier alpha value is 0.170. The van der Waals surface area contributed by atoms with Crippen LogP contribution in [-0.2, 0) is 0 Å². The first-order valence-corrected chi connectivity index (χ1v) is 8.39. The van der Waals surface area contributed by atoms with Gasteiger partial charge < -0.3 is 15.1 Å². The summed E-state index contributed by atoms with van der Waals surface area (Å²) in [5.74, 6) is 0.941. The first-order valence-electron chi connectivity index (χ1n) is 8.39. The van der Waals surface area contributed by atoms with E-state index in [1.807, 2.05) is 0 Å². The van der Waals surface area contributed by atoms with E-state index in [1.54, 1.807) is 0 Å². The van der Waals surface area contributed by atoms with Crippen molar-refractivity contribution < 1.29 is 0 Å². The van der Waals surface area contributed by atoms with E-state index in [4.69, 9.17) is 0 Å². The topological polar surface area (TPSA) is 18.5 Å². The zero-order valence-electron chi connectivity index (χ0n) is 13.1. The van der Waals surface area contributed by atoms with E-state index in [1.165, 1.54) is 84.5 Å². The van der Waals surface area contributed by atoms with Crippen LogP contribution in [0.15, 0.2) is 0 Å². The molecule has 3 rings (SSSR count). The minimum Gasteiger partial charge on any atom is -0.316 e. The SMILES string of the molecule is CC1(CN2CCC(CN3CCCCC3)C2)CCNC1.Cl. The molecule has 1 N–H and O–H groups in total. The van der Waals surface area contributed by atoms with Gasteiger partial charge in [0.15, 0.2) is 0 Å². The molecule has 118 valence electrons. The Morgan fingerprint density at radius 3 is 2.60 bits per heavy atom. The molecule has 0 aromatic heterocycles. The Labute approximate surface area is 130 Å². The zero-order valence-corrected chi connectivity index (χ0v) is 13.9. The van der Waals surface area contributed by atoms with Gasteiger partial charge in [0, 0.05) is 26.2 Å². The average molecular weight is 302 g/mol. The smallest absolute Gasteiger partial charge is 0.00481 e. The summed E-state index contributed by atoms with van der Waals surface area (Å²) in [5, 5.41) is 3.53. The van der Waals surface area contributed by atoms with Crippen LogP contribution in [0.4, 0.5) is 0 Å². The van der Waals surface area contributed by atoms with E-state index in [0.717, 1.165) is 5.92 Å². The zero-order chi connectivity index (χ0) is 13.1. The van der Waals surface area contributed by atoms with Crippen LogP contribution in [0.5, 0.6) is 0 Å². The van der Waals surface area contributed by atoms with Crippen LogP contribution in [0.3, 0.4) is 0 Å². The molecule has 4 heteroatoms. The lowest BCUT2D eigenvalue weighted by Gasteiger charge is -2.31. The summed E-state index contributed by atoms with van der Waals surface area (Å²) in [4.78, 5) is 5.46. The molecule has 3 aliphatic rings. The molecule has 0 aliphatic carbocycles. The molecule has 0 amide bonds. The van der Waals surface area contributed by atoms with Crippen molar-refractivity contribution in [2.24, 2.45) is 11.3 Å². The summed E-state index contributed by atoms with van der Waals surface area (Å²) in [5.41, 5.74) is 0.542. The summed E-state index contributed by atoms with van der Waals surface area (Å²) in [6.07, 6.45) is 7.11. The van der Waals surface area contributed by atoms with Gasteiger partial charge in [0.2, 0.25) is 0 Å². The van der Waals surface area contributed by atoms with Gasteiger partial charge in [-0.1, -0.05) is 13.3 Å².